The van der Waals surface area contributed by atoms with E-state index < -0.39 is 5.41 Å². The molecular formula is C17H35Cl2N3O2. The summed E-state index contributed by atoms with van der Waals surface area (Å²) < 4.78 is 5.39. The summed E-state index contributed by atoms with van der Waals surface area (Å²) >= 11 is 0. The predicted octanol–water partition coefficient (Wildman–Crippen LogP) is 2.21. The van der Waals surface area contributed by atoms with Gasteiger partial charge in [-0.05, 0) is 52.0 Å². The van der Waals surface area contributed by atoms with Gasteiger partial charge in [-0.1, -0.05) is 6.92 Å². The standard InChI is InChI=1S/C17H33N3O2.2ClH/c1-14-5-4-8-20(11-14)16(2,3)13-19-15(21)17(12-18)6-9-22-10-7-17;;/h14H,4-13,18H2,1-3H3,(H,19,21);2*1H. The van der Waals surface area contributed by atoms with Crippen molar-refractivity contribution in [2.24, 2.45) is 17.1 Å². The highest BCUT2D eigenvalue weighted by Crippen LogP contribution is 2.30. The molecule has 0 aromatic carbocycles. The number of nitrogens with zero attached hydrogens (tertiary/aromatic N) is 1. The van der Waals surface area contributed by atoms with Crippen molar-refractivity contribution in [3.8, 4) is 0 Å². The molecule has 24 heavy (non-hydrogen) atoms. The van der Waals surface area contributed by atoms with Crippen LogP contribution in [0.5, 0.6) is 0 Å². The van der Waals surface area contributed by atoms with E-state index in [1.54, 1.807) is 0 Å². The number of carbonyl (C=O) groups is 1. The van der Waals surface area contributed by atoms with Crippen LogP contribution in [0.4, 0.5) is 0 Å². The lowest BCUT2D eigenvalue weighted by molar-refractivity contribution is -0.136. The van der Waals surface area contributed by atoms with Gasteiger partial charge in [0.05, 0.1) is 5.41 Å². The number of carbonyl (C=O) groups excluding carboxylic acids is 1. The molecule has 2 aliphatic rings. The van der Waals surface area contributed by atoms with Gasteiger partial charge in [-0.3, -0.25) is 9.69 Å². The minimum absolute atomic E-state index is 0. The van der Waals surface area contributed by atoms with Crippen molar-refractivity contribution in [1.29, 1.82) is 0 Å². The van der Waals surface area contributed by atoms with Crippen LogP contribution >= 0.6 is 24.8 Å². The summed E-state index contributed by atoms with van der Waals surface area (Å²) in [6.45, 7) is 11.4. The van der Waals surface area contributed by atoms with Crippen LogP contribution in [0.25, 0.3) is 0 Å². The number of nitrogens with two attached hydrogens (primary N) is 1. The van der Waals surface area contributed by atoms with Crippen molar-refractivity contribution in [1.82, 2.24) is 10.2 Å². The number of amides is 1. The highest BCUT2D eigenvalue weighted by atomic mass is 35.5. The first-order chi connectivity index (χ1) is 10.4. The van der Waals surface area contributed by atoms with Crippen molar-refractivity contribution < 1.29 is 9.53 Å². The first-order valence-corrected chi connectivity index (χ1v) is 8.71. The van der Waals surface area contributed by atoms with Gasteiger partial charge < -0.3 is 15.8 Å². The van der Waals surface area contributed by atoms with Gasteiger partial charge in [0.2, 0.25) is 5.91 Å². The maximum absolute atomic E-state index is 12.7. The molecule has 0 radical (unpaired) electrons. The number of nitrogens with one attached hydrogen (secondary N) is 1. The van der Waals surface area contributed by atoms with Crippen molar-refractivity contribution in [2.45, 2.75) is 52.0 Å². The average Bonchev–Trinajstić information content (AvgIpc) is 2.53. The fourth-order valence-electron chi connectivity index (χ4n) is 3.62. The van der Waals surface area contributed by atoms with E-state index in [2.05, 4.69) is 31.0 Å². The van der Waals surface area contributed by atoms with Gasteiger partial charge in [0.15, 0.2) is 0 Å². The summed E-state index contributed by atoms with van der Waals surface area (Å²) in [7, 11) is 0. The van der Waals surface area contributed by atoms with E-state index in [4.69, 9.17) is 10.5 Å². The molecule has 2 fully saturated rings. The minimum atomic E-state index is -0.427. The van der Waals surface area contributed by atoms with Crippen LogP contribution in [-0.2, 0) is 9.53 Å². The SMILES string of the molecule is CC1CCCN(C(C)(C)CNC(=O)C2(CN)CCOCC2)C1.Cl.Cl. The summed E-state index contributed by atoms with van der Waals surface area (Å²) in [6.07, 6.45) is 4.03. The Balaban J connectivity index is 0.00000264. The Morgan fingerprint density at radius 2 is 1.96 bits per heavy atom. The Labute approximate surface area is 159 Å². The molecule has 144 valence electrons. The van der Waals surface area contributed by atoms with Crippen molar-refractivity contribution >= 4 is 30.7 Å². The molecule has 2 saturated heterocycles. The van der Waals surface area contributed by atoms with Gasteiger partial charge >= 0.3 is 0 Å². The van der Waals surface area contributed by atoms with E-state index >= 15 is 0 Å². The quantitative estimate of drug-likeness (QED) is 0.763. The van der Waals surface area contributed by atoms with Crippen molar-refractivity contribution in [3.63, 3.8) is 0 Å². The number of rotatable bonds is 5. The smallest absolute Gasteiger partial charge is 0.227 e. The molecule has 1 amide bonds. The molecule has 0 spiro atoms. The third-order valence-corrected chi connectivity index (χ3v) is 5.52. The maximum Gasteiger partial charge on any atom is 0.227 e. The summed E-state index contributed by atoms with van der Waals surface area (Å²) in [6, 6.07) is 0. The van der Waals surface area contributed by atoms with Gasteiger partial charge in [0.25, 0.3) is 0 Å². The lowest BCUT2D eigenvalue weighted by Gasteiger charge is -2.44. The second-order valence-corrected chi connectivity index (χ2v) is 7.79. The third-order valence-electron chi connectivity index (χ3n) is 5.52. The Kier molecular flexibility index (Phi) is 10.1. The van der Waals surface area contributed by atoms with Gasteiger partial charge in [0, 0.05) is 38.4 Å². The van der Waals surface area contributed by atoms with Crippen LogP contribution in [0.3, 0.4) is 0 Å². The first kappa shape index (κ1) is 23.9. The molecule has 1 unspecified atom stereocenters. The fourth-order valence-corrected chi connectivity index (χ4v) is 3.62. The normalized spacial score (nSPS) is 24.4. The fraction of sp³-hybridized carbons (Fsp3) is 0.941. The molecule has 2 aliphatic heterocycles. The van der Waals surface area contributed by atoms with Crippen LogP contribution in [0.15, 0.2) is 0 Å². The van der Waals surface area contributed by atoms with E-state index in [1.165, 1.54) is 12.8 Å². The summed E-state index contributed by atoms with van der Waals surface area (Å²) in [4.78, 5) is 15.2. The highest BCUT2D eigenvalue weighted by Gasteiger charge is 2.40. The predicted molar refractivity (Wildman–Crippen MR) is 103 cm³/mol. The minimum Gasteiger partial charge on any atom is -0.381 e. The molecular weight excluding hydrogens is 349 g/mol. The molecule has 0 bridgehead atoms. The lowest BCUT2D eigenvalue weighted by Crippen LogP contribution is -2.57. The summed E-state index contributed by atoms with van der Waals surface area (Å²) in [5.74, 6) is 0.853. The van der Waals surface area contributed by atoms with E-state index in [1.807, 2.05) is 0 Å². The molecule has 0 aromatic rings. The number of piperidine rings is 1. The van der Waals surface area contributed by atoms with Crippen LogP contribution in [0.1, 0.15) is 46.5 Å². The summed E-state index contributed by atoms with van der Waals surface area (Å²) in [5, 5.41) is 3.18. The molecule has 0 aliphatic carbocycles. The molecule has 5 nitrogen and oxygen atoms in total. The molecule has 0 aromatic heterocycles. The topological polar surface area (TPSA) is 67.6 Å². The lowest BCUT2D eigenvalue weighted by atomic mass is 9.79. The van der Waals surface area contributed by atoms with Gasteiger partial charge in [-0.15, -0.1) is 24.8 Å². The molecule has 2 rings (SSSR count). The largest absolute Gasteiger partial charge is 0.381 e. The summed E-state index contributed by atoms with van der Waals surface area (Å²) in [5.41, 5.74) is 5.48. The van der Waals surface area contributed by atoms with Gasteiger partial charge in [-0.2, -0.15) is 0 Å². The van der Waals surface area contributed by atoms with Crippen molar-refractivity contribution in [3.05, 3.63) is 0 Å². The zero-order chi connectivity index (χ0) is 16.2. The highest BCUT2D eigenvalue weighted by molar-refractivity contribution is 5.85. The Morgan fingerprint density at radius 3 is 2.50 bits per heavy atom. The van der Waals surface area contributed by atoms with E-state index in [-0.39, 0.29) is 36.3 Å². The Bertz CT molecular complexity index is 388. The number of hydrogen-bond donors (Lipinski definition) is 2. The van der Waals surface area contributed by atoms with E-state index in [0.29, 0.717) is 26.3 Å². The maximum atomic E-state index is 12.7. The number of ether oxygens (including phenoxy) is 1. The van der Waals surface area contributed by atoms with E-state index in [0.717, 1.165) is 31.8 Å². The molecule has 2 heterocycles. The second-order valence-electron chi connectivity index (χ2n) is 7.79. The Morgan fingerprint density at radius 1 is 1.33 bits per heavy atom. The van der Waals surface area contributed by atoms with Crippen LogP contribution in [0, 0.1) is 11.3 Å². The molecule has 3 N–H and O–H groups in total. The third kappa shape index (κ3) is 5.73. The Hall–Kier alpha value is -0.0700. The molecule has 0 saturated carbocycles. The number of halogens is 2. The van der Waals surface area contributed by atoms with E-state index in [9.17, 15) is 4.79 Å². The molecule has 1 atom stereocenters. The van der Waals surface area contributed by atoms with Gasteiger partial charge in [-0.25, -0.2) is 0 Å². The number of likely N-dealkylation sites (tertiary alicyclic amines) is 1. The monoisotopic (exact) mass is 383 g/mol. The van der Waals surface area contributed by atoms with Crippen molar-refractivity contribution in [2.75, 3.05) is 39.4 Å². The first-order valence-electron chi connectivity index (χ1n) is 8.71. The second kappa shape index (κ2) is 10.2. The average molecular weight is 384 g/mol. The molecule has 7 heteroatoms. The zero-order valence-corrected chi connectivity index (χ0v) is 16.9. The van der Waals surface area contributed by atoms with Crippen LogP contribution in [0.2, 0.25) is 0 Å². The van der Waals surface area contributed by atoms with Gasteiger partial charge in [0.1, 0.15) is 0 Å². The zero-order valence-electron chi connectivity index (χ0n) is 15.3. The number of hydrogen-bond acceptors (Lipinski definition) is 4. The van der Waals surface area contributed by atoms with Crippen LogP contribution in [-0.4, -0.2) is 55.7 Å². The van der Waals surface area contributed by atoms with Crippen LogP contribution < -0.4 is 11.1 Å².